The predicted molar refractivity (Wildman–Crippen MR) is 76.8 cm³/mol. The van der Waals surface area contributed by atoms with Gasteiger partial charge in [-0.25, -0.2) is 0 Å². The Morgan fingerprint density at radius 3 is 2.75 bits per heavy atom. The minimum absolute atomic E-state index is 0.360. The van der Waals surface area contributed by atoms with Gasteiger partial charge in [0.15, 0.2) is 0 Å². The summed E-state index contributed by atoms with van der Waals surface area (Å²) in [5.41, 5.74) is 6.58. The number of primary amides is 1. The zero-order chi connectivity index (χ0) is 13.9. The van der Waals surface area contributed by atoms with Crippen molar-refractivity contribution in [3.05, 3.63) is 66.4 Å². The van der Waals surface area contributed by atoms with Crippen LogP contribution in [0.1, 0.15) is 10.4 Å². The van der Waals surface area contributed by atoms with Crippen molar-refractivity contribution in [1.29, 1.82) is 0 Å². The third-order valence-corrected chi connectivity index (χ3v) is 2.95. The van der Waals surface area contributed by atoms with Crippen molar-refractivity contribution >= 4 is 16.8 Å². The Bertz CT molecular complexity index is 784. The fourth-order valence-electron chi connectivity index (χ4n) is 2.00. The highest BCUT2D eigenvalue weighted by atomic mass is 16.5. The van der Waals surface area contributed by atoms with Crippen molar-refractivity contribution in [3.63, 3.8) is 0 Å². The van der Waals surface area contributed by atoms with E-state index < -0.39 is 5.91 Å². The molecular weight excluding hydrogens is 252 g/mol. The fourth-order valence-corrected chi connectivity index (χ4v) is 2.00. The molecule has 0 saturated heterocycles. The third kappa shape index (κ3) is 2.31. The van der Waals surface area contributed by atoms with E-state index in [1.54, 1.807) is 30.5 Å². The number of rotatable bonds is 3. The molecule has 0 saturated carbocycles. The van der Waals surface area contributed by atoms with Crippen LogP contribution in [0.2, 0.25) is 0 Å². The normalized spacial score (nSPS) is 10.4. The van der Waals surface area contributed by atoms with Crippen LogP contribution in [0.25, 0.3) is 10.9 Å². The molecule has 1 aromatic heterocycles. The summed E-state index contributed by atoms with van der Waals surface area (Å²) in [4.78, 5) is 15.6. The van der Waals surface area contributed by atoms with E-state index in [9.17, 15) is 4.79 Å². The van der Waals surface area contributed by atoms with Crippen LogP contribution in [0.15, 0.2) is 60.8 Å². The second-order valence-electron chi connectivity index (χ2n) is 4.32. The molecule has 20 heavy (non-hydrogen) atoms. The lowest BCUT2D eigenvalue weighted by Crippen LogP contribution is -2.11. The van der Waals surface area contributed by atoms with Crippen LogP contribution in [0.3, 0.4) is 0 Å². The Balaban J connectivity index is 1.99. The quantitative estimate of drug-likeness (QED) is 0.790. The number of hydrogen-bond acceptors (Lipinski definition) is 3. The smallest absolute Gasteiger partial charge is 0.252 e. The first-order valence-corrected chi connectivity index (χ1v) is 6.15. The number of pyridine rings is 1. The molecular formula is C16H12N2O2. The molecule has 0 aliphatic heterocycles. The summed E-state index contributed by atoms with van der Waals surface area (Å²) in [5.74, 6) is 0.575. The molecule has 0 atom stereocenters. The molecule has 0 bridgehead atoms. The maximum absolute atomic E-state index is 11.4. The average Bonchev–Trinajstić information content (AvgIpc) is 2.47. The topological polar surface area (TPSA) is 65.2 Å². The van der Waals surface area contributed by atoms with Crippen LogP contribution in [0, 0.1) is 0 Å². The first-order chi connectivity index (χ1) is 9.74. The monoisotopic (exact) mass is 264 g/mol. The molecule has 2 N–H and O–H groups in total. The maximum atomic E-state index is 11.4. The van der Waals surface area contributed by atoms with Gasteiger partial charge in [0.1, 0.15) is 11.5 Å². The summed E-state index contributed by atoms with van der Waals surface area (Å²) in [6.45, 7) is 0. The first kappa shape index (κ1) is 12.2. The Morgan fingerprint density at radius 2 is 1.90 bits per heavy atom. The summed E-state index contributed by atoms with van der Waals surface area (Å²) < 4.78 is 5.75. The Kier molecular flexibility index (Phi) is 3.05. The van der Waals surface area contributed by atoms with E-state index >= 15 is 0 Å². The number of nitrogens with two attached hydrogens (primary N) is 1. The first-order valence-electron chi connectivity index (χ1n) is 6.15. The van der Waals surface area contributed by atoms with E-state index in [1.165, 1.54) is 0 Å². The van der Waals surface area contributed by atoms with Gasteiger partial charge in [-0.1, -0.05) is 18.2 Å². The second kappa shape index (κ2) is 5.01. The predicted octanol–water partition coefficient (Wildman–Crippen LogP) is 3.13. The molecule has 3 rings (SSSR count). The van der Waals surface area contributed by atoms with Gasteiger partial charge in [-0.2, -0.15) is 0 Å². The molecule has 4 heteroatoms. The van der Waals surface area contributed by atoms with E-state index in [0.29, 0.717) is 17.1 Å². The van der Waals surface area contributed by atoms with Crippen LogP contribution < -0.4 is 10.5 Å². The number of amides is 1. The largest absolute Gasteiger partial charge is 0.457 e. The summed E-state index contributed by atoms with van der Waals surface area (Å²) in [5, 5.41) is 0.974. The molecule has 3 aromatic rings. The van der Waals surface area contributed by atoms with Crippen molar-refractivity contribution in [2.24, 2.45) is 5.73 Å². The van der Waals surface area contributed by atoms with Gasteiger partial charge in [0.25, 0.3) is 5.91 Å². The number of fused-ring (bicyclic) bond motifs is 1. The Labute approximate surface area is 115 Å². The molecule has 98 valence electrons. The fraction of sp³-hybridized carbons (Fsp3) is 0. The number of para-hydroxylation sites is 1. The molecule has 1 amide bonds. The molecule has 0 radical (unpaired) electrons. The standard InChI is InChI=1S/C16H12N2O2/c17-16(19)13-5-1-2-6-15(13)20-12-7-8-14-11(10-12)4-3-9-18-14/h1-10H,(H2,17,19). The highest BCUT2D eigenvalue weighted by Gasteiger charge is 2.09. The van der Waals surface area contributed by atoms with Crippen LogP contribution in [0.4, 0.5) is 0 Å². The Hall–Kier alpha value is -2.88. The Morgan fingerprint density at radius 1 is 1.05 bits per heavy atom. The lowest BCUT2D eigenvalue weighted by molar-refractivity contribution is 0.0998. The van der Waals surface area contributed by atoms with Crippen molar-refractivity contribution in [2.75, 3.05) is 0 Å². The van der Waals surface area contributed by atoms with Crippen LogP contribution in [-0.4, -0.2) is 10.9 Å². The van der Waals surface area contributed by atoms with Crippen LogP contribution in [-0.2, 0) is 0 Å². The van der Waals surface area contributed by atoms with E-state index in [-0.39, 0.29) is 0 Å². The summed E-state index contributed by atoms with van der Waals surface area (Å²) in [7, 11) is 0. The second-order valence-corrected chi connectivity index (χ2v) is 4.32. The van der Waals surface area contributed by atoms with Crippen molar-refractivity contribution < 1.29 is 9.53 Å². The summed E-state index contributed by atoms with van der Waals surface area (Å²) in [6.07, 6.45) is 1.74. The lowest BCUT2D eigenvalue weighted by Gasteiger charge is -2.09. The van der Waals surface area contributed by atoms with Gasteiger partial charge in [0.2, 0.25) is 0 Å². The molecule has 0 spiro atoms. The van der Waals surface area contributed by atoms with Crippen molar-refractivity contribution in [3.8, 4) is 11.5 Å². The zero-order valence-electron chi connectivity index (χ0n) is 10.6. The highest BCUT2D eigenvalue weighted by molar-refractivity contribution is 5.95. The maximum Gasteiger partial charge on any atom is 0.252 e. The molecule has 0 fully saturated rings. The molecule has 1 heterocycles. The van der Waals surface area contributed by atoms with Gasteiger partial charge < -0.3 is 10.5 Å². The lowest BCUT2D eigenvalue weighted by atomic mass is 10.2. The minimum Gasteiger partial charge on any atom is -0.457 e. The van der Waals surface area contributed by atoms with E-state index in [2.05, 4.69) is 4.98 Å². The molecule has 4 nitrogen and oxygen atoms in total. The molecule has 0 aliphatic rings. The number of benzene rings is 2. The minimum atomic E-state index is -0.511. The van der Waals surface area contributed by atoms with Gasteiger partial charge in [-0.3, -0.25) is 9.78 Å². The van der Waals surface area contributed by atoms with Crippen molar-refractivity contribution in [2.45, 2.75) is 0 Å². The van der Waals surface area contributed by atoms with Crippen LogP contribution >= 0.6 is 0 Å². The number of hydrogen-bond donors (Lipinski definition) is 1. The molecule has 0 aliphatic carbocycles. The van der Waals surface area contributed by atoms with Crippen molar-refractivity contribution in [1.82, 2.24) is 4.98 Å². The van der Waals surface area contributed by atoms with Gasteiger partial charge in [-0.15, -0.1) is 0 Å². The van der Waals surface area contributed by atoms with E-state index in [0.717, 1.165) is 10.9 Å². The molecule has 2 aromatic carbocycles. The van der Waals surface area contributed by atoms with Gasteiger partial charge in [-0.05, 0) is 36.4 Å². The van der Waals surface area contributed by atoms with Gasteiger partial charge >= 0.3 is 0 Å². The summed E-state index contributed by atoms with van der Waals surface area (Å²) in [6, 6.07) is 16.3. The third-order valence-electron chi connectivity index (χ3n) is 2.95. The number of carbonyl (C=O) groups is 1. The number of aromatic nitrogens is 1. The number of carbonyl (C=O) groups excluding carboxylic acids is 1. The van der Waals surface area contributed by atoms with E-state index in [1.807, 2.05) is 30.3 Å². The highest BCUT2D eigenvalue weighted by Crippen LogP contribution is 2.27. The summed E-state index contributed by atoms with van der Waals surface area (Å²) >= 11 is 0. The van der Waals surface area contributed by atoms with Crippen LogP contribution in [0.5, 0.6) is 11.5 Å². The van der Waals surface area contributed by atoms with Gasteiger partial charge in [0, 0.05) is 11.6 Å². The van der Waals surface area contributed by atoms with Gasteiger partial charge in [0.05, 0.1) is 11.1 Å². The average molecular weight is 264 g/mol. The zero-order valence-corrected chi connectivity index (χ0v) is 10.6. The molecule has 0 unspecified atom stereocenters. The SMILES string of the molecule is NC(=O)c1ccccc1Oc1ccc2ncccc2c1. The number of ether oxygens (including phenoxy) is 1. The number of nitrogens with zero attached hydrogens (tertiary/aromatic N) is 1. The van der Waals surface area contributed by atoms with E-state index in [4.69, 9.17) is 10.5 Å².